The number of hydrogen-bond acceptors (Lipinski definition) is 3. The third kappa shape index (κ3) is 4.51. The van der Waals surface area contributed by atoms with Gasteiger partial charge in [0.05, 0.1) is 7.11 Å². The van der Waals surface area contributed by atoms with Crippen LogP contribution in [0.4, 0.5) is 0 Å². The molecule has 1 saturated carbocycles. The van der Waals surface area contributed by atoms with Crippen LogP contribution in [-0.2, 0) is 5.41 Å². The predicted molar refractivity (Wildman–Crippen MR) is 79.9 cm³/mol. The second-order valence-corrected chi connectivity index (χ2v) is 6.02. The first-order valence-corrected chi connectivity index (χ1v) is 7.20. The van der Waals surface area contributed by atoms with Crippen molar-refractivity contribution in [3.8, 4) is 5.75 Å². The molecule has 1 fully saturated rings. The number of hydrogen-bond donors (Lipinski definition) is 2. The molecular weight excluding hydrogens is 236 g/mol. The van der Waals surface area contributed by atoms with Gasteiger partial charge in [0, 0.05) is 31.1 Å². The molecular formula is C16H26N2O. The second kappa shape index (κ2) is 6.40. The van der Waals surface area contributed by atoms with E-state index in [-0.39, 0.29) is 5.41 Å². The Bertz CT molecular complexity index is 382. The largest absolute Gasteiger partial charge is 0.497 e. The fourth-order valence-electron chi connectivity index (χ4n) is 2.20. The van der Waals surface area contributed by atoms with Crippen molar-refractivity contribution in [3.63, 3.8) is 0 Å². The first-order valence-electron chi connectivity index (χ1n) is 7.20. The number of nitrogens with one attached hydrogen (secondary N) is 2. The second-order valence-electron chi connectivity index (χ2n) is 6.02. The van der Waals surface area contributed by atoms with Crippen LogP contribution in [0.3, 0.4) is 0 Å². The number of ether oxygens (including phenoxy) is 1. The lowest BCUT2D eigenvalue weighted by Gasteiger charge is -2.26. The van der Waals surface area contributed by atoms with Crippen LogP contribution in [-0.4, -0.2) is 32.8 Å². The van der Waals surface area contributed by atoms with Crippen LogP contribution in [0.5, 0.6) is 5.75 Å². The Labute approximate surface area is 116 Å². The number of methoxy groups -OCH3 is 1. The highest BCUT2D eigenvalue weighted by Gasteiger charge is 2.21. The monoisotopic (exact) mass is 262 g/mol. The van der Waals surface area contributed by atoms with E-state index < -0.39 is 0 Å². The highest BCUT2D eigenvalue weighted by Crippen LogP contribution is 2.24. The van der Waals surface area contributed by atoms with E-state index >= 15 is 0 Å². The van der Waals surface area contributed by atoms with Gasteiger partial charge in [-0.05, 0) is 30.5 Å². The fraction of sp³-hybridized carbons (Fsp3) is 0.625. The SMILES string of the molecule is COc1ccc(C(C)(C)CNCCNC2CC2)cc1. The first kappa shape index (κ1) is 14.4. The molecule has 1 aliphatic rings. The van der Waals surface area contributed by atoms with E-state index in [4.69, 9.17) is 4.74 Å². The Balaban J connectivity index is 1.75. The van der Waals surface area contributed by atoms with Crippen molar-refractivity contribution in [3.05, 3.63) is 29.8 Å². The van der Waals surface area contributed by atoms with Crippen molar-refractivity contribution >= 4 is 0 Å². The Morgan fingerprint density at radius 2 is 1.84 bits per heavy atom. The topological polar surface area (TPSA) is 33.3 Å². The van der Waals surface area contributed by atoms with Gasteiger partial charge in [0.25, 0.3) is 0 Å². The van der Waals surface area contributed by atoms with E-state index in [1.54, 1.807) is 7.11 Å². The van der Waals surface area contributed by atoms with Crippen LogP contribution in [0, 0.1) is 0 Å². The summed E-state index contributed by atoms with van der Waals surface area (Å²) < 4.78 is 5.20. The van der Waals surface area contributed by atoms with Gasteiger partial charge in [0.15, 0.2) is 0 Å². The minimum atomic E-state index is 0.145. The number of benzene rings is 1. The van der Waals surface area contributed by atoms with Crippen LogP contribution >= 0.6 is 0 Å². The molecule has 0 bridgehead atoms. The molecule has 0 aliphatic heterocycles. The molecule has 19 heavy (non-hydrogen) atoms. The van der Waals surface area contributed by atoms with E-state index in [0.717, 1.165) is 31.4 Å². The summed E-state index contributed by atoms with van der Waals surface area (Å²) in [6.07, 6.45) is 2.72. The molecule has 0 aromatic heterocycles. The first-order chi connectivity index (χ1) is 9.12. The van der Waals surface area contributed by atoms with Gasteiger partial charge in [-0.25, -0.2) is 0 Å². The van der Waals surface area contributed by atoms with E-state index in [1.165, 1.54) is 18.4 Å². The summed E-state index contributed by atoms with van der Waals surface area (Å²) in [6, 6.07) is 9.18. The third-order valence-corrected chi connectivity index (χ3v) is 3.75. The van der Waals surface area contributed by atoms with Crippen LogP contribution < -0.4 is 15.4 Å². The molecule has 0 atom stereocenters. The Hall–Kier alpha value is -1.06. The molecule has 0 amide bonds. The Morgan fingerprint density at radius 1 is 1.16 bits per heavy atom. The maximum Gasteiger partial charge on any atom is 0.118 e. The van der Waals surface area contributed by atoms with Crippen molar-refractivity contribution in [2.45, 2.75) is 38.1 Å². The molecule has 3 nitrogen and oxygen atoms in total. The minimum absolute atomic E-state index is 0.145. The van der Waals surface area contributed by atoms with Gasteiger partial charge in [-0.15, -0.1) is 0 Å². The van der Waals surface area contributed by atoms with Crippen molar-refractivity contribution in [2.24, 2.45) is 0 Å². The maximum atomic E-state index is 5.20. The molecule has 106 valence electrons. The highest BCUT2D eigenvalue weighted by molar-refractivity contribution is 5.31. The molecule has 1 aliphatic carbocycles. The smallest absolute Gasteiger partial charge is 0.118 e. The lowest BCUT2D eigenvalue weighted by Crippen LogP contribution is -2.37. The zero-order valence-corrected chi connectivity index (χ0v) is 12.3. The molecule has 1 aromatic rings. The van der Waals surface area contributed by atoms with Gasteiger partial charge in [0.2, 0.25) is 0 Å². The molecule has 0 spiro atoms. The molecule has 0 saturated heterocycles. The van der Waals surface area contributed by atoms with Crippen LogP contribution in [0.2, 0.25) is 0 Å². The Kier molecular flexibility index (Phi) is 4.83. The van der Waals surface area contributed by atoms with Crippen molar-refractivity contribution in [2.75, 3.05) is 26.7 Å². The normalized spacial score (nSPS) is 15.5. The zero-order chi connectivity index (χ0) is 13.7. The van der Waals surface area contributed by atoms with Gasteiger partial charge >= 0.3 is 0 Å². The van der Waals surface area contributed by atoms with Crippen molar-refractivity contribution < 1.29 is 4.74 Å². The lowest BCUT2D eigenvalue weighted by molar-refractivity contribution is 0.413. The van der Waals surface area contributed by atoms with E-state index in [2.05, 4.69) is 36.6 Å². The van der Waals surface area contributed by atoms with Gasteiger partial charge in [0.1, 0.15) is 5.75 Å². The van der Waals surface area contributed by atoms with Crippen molar-refractivity contribution in [1.82, 2.24) is 10.6 Å². The summed E-state index contributed by atoms with van der Waals surface area (Å²) in [4.78, 5) is 0. The molecule has 0 unspecified atom stereocenters. The van der Waals surface area contributed by atoms with Gasteiger partial charge in [-0.2, -0.15) is 0 Å². The summed E-state index contributed by atoms with van der Waals surface area (Å²) in [5, 5.41) is 7.06. The van der Waals surface area contributed by atoms with Crippen molar-refractivity contribution in [1.29, 1.82) is 0 Å². The summed E-state index contributed by atoms with van der Waals surface area (Å²) >= 11 is 0. The van der Waals surface area contributed by atoms with E-state index in [1.807, 2.05) is 12.1 Å². The zero-order valence-electron chi connectivity index (χ0n) is 12.3. The van der Waals surface area contributed by atoms with Gasteiger partial charge < -0.3 is 15.4 Å². The molecule has 2 rings (SSSR count). The highest BCUT2D eigenvalue weighted by atomic mass is 16.5. The average Bonchev–Trinajstić information content (AvgIpc) is 3.22. The lowest BCUT2D eigenvalue weighted by atomic mass is 9.84. The summed E-state index contributed by atoms with van der Waals surface area (Å²) in [5.41, 5.74) is 1.49. The van der Waals surface area contributed by atoms with E-state index in [9.17, 15) is 0 Å². The predicted octanol–water partition coefficient (Wildman–Crippen LogP) is 2.31. The maximum absolute atomic E-state index is 5.20. The molecule has 0 heterocycles. The molecule has 3 heteroatoms. The standard InChI is InChI=1S/C16H26N2O/c1-16(2,12-17-10-11-18-14-6-7-14)13-4-8-15(19-3)9-5-13/h4-5,8-9,14,17-18H,6-7,10-12H2,1-3H3. The summed E-state index contributed by atoms with van der Waals surface area (Å²) in [5.74, 6) is 0.918. The van der Waals surface area contributed by atoms with E-state index in [0.29, 0.717) is 0 Å². The molecule has 2 N–H and O–H groups in total. The minimum Gasteiger partial charge on any atom is -0.497 e. The van der Waals surface area contributed by atoms with Gasteiger partial charge in [-0.1, -0.05) is 26.0 Å². The molecule has 1 aromatic carbocycles. The number of rotatable bonds is 8. The van der Waals surface area contributed by atoms with Crippen LogP contribution in [0.15, 0.2) is 24.3 Å². The fourth-order valence-corrected chi connectivity index (χ4v) is 2.20. The summed E-state index contributed by atoms with van der Waals surface area (Å²) in [6.45, 7) is 7.65. The third-order valence-electron chi connectivity index (χ3n) is 3.75. The average molecular weight is 262 g/mol. The van der Waals surface area contributed by atoms with Crippen LogP contribution in [0.1, 0.15) is 32.3 Å². The van der Waals surface area contributed by atoms with Crippen LogP contribution in [0.25, 0.3) is 0 Å². The van der Waals surface area contributed by atoms with Gasteiger partial charge in [-0.3, -0.25) is 0 Å². The Morgan fingerprint density at radius 3 is 2.42 bits per heavy atom. The summed E-state index contributed by atoms with van der Waals surface area (Å²) in [7, 11) is 1.70. The quantitative estimate of drug-likeness (QED) is 0.705. The molecule has 0 radical (unpaired) electrons.